The number of nitrogens with zero attached hydrogens (tertiary/aromatic N) is 4. The van der Waals surface area contributed by atoms with Crippen LogP contribution in [0.15, 0.2) is 71.7 Å². The summed E-state index contributed by atoms with van der Waals surface area (Å²) in [7, 11) is 0. The van der Waals surface area contributed by atoms with Crippen molar-refractivity contribution in [2.24, 2.45) is 0 Å². The fraction of sp³-hybridized carbons (Fsp3) is 0.208. The van der Waals surface area contributed by atoms with E-state index in [0.717, 1.165) is 44.0 Å². The smallest absolute Gasteiger partial charge is 0.384 e. The lowest BCUT2D eigenvalue weighted by Gasteiger charge is -2.27. The lowest BCUT2D eigenvalue weighted by atomic mass is 10.0. The molecular formula is C24H24N6O2. The molecule has 5 rings (SSSR count). The second-order valence-electron chi connectivity index (χ2n) is 7.86. The minimum absolute atomic E-state index is 0.160. The first-order valence-corrected chi connectivity index (χ1v) is 10.6. The monoisotopic (exact) mass is 428 g/mol. The van der Waals surface area contributed by atoms with Gasteiger partial charge in [0.05, 0.1) is 5.39 Å². The first-order chi connectivity index (χ1) is 15.7. The number of pyridine rings is 1. The van der Waals surface area contributed by atoms with Crippen LogP contribution in [-0.4, -0.2) is 51.0 Å². The van der Waals surface area contributed by atoms with Crippen LogP contribution in [0.5, 0.6) is 0 Å². The lowest BCUT2D eigenvalue weighted by Crippen LogP contribution is -2.42. The van der Waals surface area contributed by atoms with E-state index in [9.17, 15) is 10.0 Å². The molecule has 1 fully saturated rings. The molecule has 162 valence electrons. The van der Waals surface area contributed by atoms with Gasteiger partial charge in [-0.05, 0) is 47.0 Å². The van der Waals surface area contributed by atoms with Gasteiger partial charge in [0.25, 0.3) is 0 Å². The Morgan fingerprint density at radius 1 is 1.00 bits per heavy atom. The number of piperazine rings is 1. The van der Waals surface area contributed by atoms with E-state index in [1.54, 1.807) is 12.1 Å². The van der Waals surface area contributed by atoms with Crippen molar-refractivity contribution in [3.8, 4) is 11.1 Å². The molecule has 0 unspecified atom stereocenters. The Balaban J connectivity index is 1.36. The molecule has 32 heavy (non-hydrogen) atoms. The zero-order valence-corrected chi connectivity index (χ0v) is 17.5. The highest BCUT2D eigenvalue weighted by molar-refractivity contribution is 5.88. The summed E-state index contributed by atoms with van der Waals surface area (Å²) in [6, 6.07) is 20.1. The zero-order chi connectivity index (χ0) is 21.9. The highest BCUT2D eigenvalue weighted by Gasteiger charge is 2.12. The van der Waals surface area contributed by atoms with Crippen LogP contribution in [0.4, 0.5) is 11.5 Å². The second kappa shape index (κ2) is 8.78. The number of benzene rings is 2. The van der Waals surface area contributed by atoms with Gasteiger partial charge in [0.1, 0.15) is 5.82 Å². The van der Waals surface area contributed by atoms with Crippen LogP contribution in [0.3, 0.4) is 0 Å². The maximum Gasteiger partial charge on any atom is 0.384 e. The number of hydrogen-bond acceptors (Lipinski definition) is 7. The minimum Gasteiger partial charge on any atom is -0.422 e. The van der Waals surface area contributed by atoms with Gasteiger partial charge in [-0.25, -0.2) is 9.78 Å². The molecular weight excluding hydrogens is 404 g/mol. The molecule has 2 aromatic heterocycles. The number of hydrogen-bond donors (Lipinski definition) is 3. The number of anilines is 2. The summed E-state index contributed by atoms with van der Waals surface area (Å²) in [4.78, 5) is 22.5. The Bertz CT molecular complexity index is 1300. The molecule has 2 aromatic carbocycles. The molecule has 1 saturated heterocycles. The predicted molar refractivity (Wildman–Crippen MR) is 124 cm³/mol. The van der Waals surface area contributed by atoms with E-state index in [-0.39, 0.29) is 5.65 Å². The highest BCUT2D eigenvalue weighted by Crippen LogP contribution is 2.26. The van der Waals surface area contributed by atoms with Crippen LogP contribution in [-0.2, 0) is 6.54 Å². The van der Waals surface area contributed by atoms with E-state index in [1.165, 1.54) is 17.3 Å². The van der Waals surface area contributed by atoms with E-state index in [0.29, 0.717) is 15.9 Å². The van der Waals surface area contributed by atoms with Crippen molar-refractivity contribution >= 4 is 22.5 Å². The summed E-state index contributed by atoms with van der Waals surface area (Å²) in [5, 5.41) is 17.0. The van der Waals surface area contributed by atoms with Gasteiger partial charge in [-0.3, -0.25) is 4.90 Å². The maximum absolute atomic E-state index is 12.0. The van der Waals surface area contributed by atoms with Crippen molar-refractivity contribution in [2.75, 3.05) is 31.5 Å². The van der Waals surface area contributed by atoms with Crippen molar-refractivity contribution in [2.45, 2.75) is 6.54 Å². The fourth-order valence-corrected chi connectivity index (χ4v) is 4.00. The summed E-state index contributed by atoms with van der Waals surface area (Å²) < 4.78 is 0.455. The zero-order valence-electron chi connectivity index (χ0n) is 17.5. The van der Waals surface area contributed by atoms with E-state index >= 15 is 0 Å². The summed E-state index contributed by atoms with van der Waals surface area (Å²) >= 11 is 0. The molecule has 1 aliphatic heterocycles. The van der Waals surface area contributed by atoms with Gasteiger partial charge in [-0.1, -0.05) is 30.3 Å². The van der Waals surface area contributed by atoms with Crippen molar-refractivity contribution < 1.29 is 5.21 Å². The predicted octanol–water partition coefficient (Wildman–Crippen LogP) is 2.84. The van der Waals surface area contributed by atoms with E-state index in [4.69, 9.17) is 0 Å². The second-order valence-corrected chi connectivity index (χ2v) is 7.86. The van der Waals surface area contributed by atoms with Gasteiger partial charge in [0, 0.05) is 44.6 Å². The third-order valence-corrected chi connectivity index (χ3v) is 5.65. The molecule has 0 amide bonds. The Kier molecular flexibility index (Phi) is 5.53. The topological polar surface area (TPSA) is 95.3 Å². The number of fused-ring (bicyclic) bond motifs is 1. The standard InChI is InChI=1S/C24H24N6O2/c31-24-28-22(21-5-2-10-26-23(21)30(24)32)27-20-8-6-18(7-9-20)19-4-1-3-17(15-19)16-29-13-11-25-12-14-29/h1-10,15,25,32H,11-14,16H2,(H,27,28,31). The van der Waals surface area contributed by atoms with Gasteiger partial charge < -0.3 is 15.8 Å². The molecule has 3 N–H and O–H groups in total. The van der Waals surface area contributed by atoms with Crippen LogP contribution in [0, 0.1) is 0 Å². The van der Waals surface area contributed by atoms with Crippen LogP contribution in [0.1, 0.15) is 5.56 Å². The first kappa shape index (κ1) is 20.2. The van der Waals surface area contributed by atoms with Gasteiger partial charge >= 0.3 is 5.69 Å². The van der Waals surface area contributed by atoms with Crippen LogP contribution >= 0.6 is 0 Å². The number of rotatable bonds is 5. The molecule has 8 nitrogen and oxygen atoms in total. The Morgan fingerprint density at radius 3 is 2.62 bits per heavy atom. The maximum atomic E-state index is 12.0. The van der Waals surface area contributed by atoms with Gasteiger partial charge in [0.15, 0.2) is 5.65 Å². The molecule has 8 heteroatoms. The van der Waals surface area contributed by atoms with Gasteiger partial charge in [-0.15, -0.1) is 4.73 Å². The van der Waals surface area contributed by atoms with Gasteiger partial charge in [0.2, 0.25) is 0 Å². The quantitative estimate of drug-likeness (QED) is 0.421. The lowest BCUT2D eigenvalue weighted by molar-refractivity contribution is 0.182. The molecule has 0 atom stereocenters. The molecule has 1 aliphatic rings. The van der Waals surface area contributed by atoms with Gasteiger partial charge in [-0.2, -0.15) is 4.98 Å². The first-order valence-electron chi connectivity index (χ1n) is 10.6. The molecule has 0 bridgehead atoms. The highest BCUT2D eigenvalue weighted by atomic mass is 16.5. The Morgan fingerprint density at radius 2 is 1.81 bits per heavy atom. The normalized spacial score (nSPS) is 14.5. The molecule has 0 radical (unpaired) electrons. The van der Waals surface area contributed by atoms with Crippen molar-refractivity contribution in [3.63, 3.8) is 0 Å². The Hall–Kier alpha value is -3.75. The number of nitrogens with one attached hydrogen (secondary N) is 2. The summed E-state index contributed by atoms with van der Waals surface area (Å²) in [6.45, 7) is 5.19. The molecule has 0 saturated carbocycles. The largest absolute Gasteiger partial charge is 0.422 e. The number of aromatic nitrogens is 3. The average Bonchev–Trinajstić information content (AvgIpc) is 2.84. The average molecular weight is 428 g/mol. The van der Waals surface area contributed by atoms with Crippen molar-refractivity contribution in [3.05, 3.63) is 82.9 Å². The molecule has 0 spiro atoms. The summed E-state index contributed by atoms with van der Waals surface area (Å²) in [6.07, 6.45) is 1.52. The summed E-state index contributed by atoms with van der Waals surface area (Å²) in [5.41, 5.74) is 3.75. The van der Waals surface area contributed by atoms with Crippen molar-refractivity contribution in [1.82, 2.24) is 24.9 Å². The van der Waals surface area contributed by atoms with Crippen molar-refractivity contribution in [1.29, 1.82) is 0 Å². The summed E-state index contributed by atoms with van der Waals surface area (Å²) in [5.74, 6) is 0.356. The van der Waals surface area contributed by atoms with Crippen LogP contribution in [0.2, 0.25) is 0 Å². The molecule has 3 heterocycles. The van der Waals surface area contributed by atoms with Crippen LogP contribution in [0.25, 0.3) is 22.2 Å². The SMILES string of the molecule is O=c1nc(Nc2ccc(-c3cccc(CN4CCNCC4)c3)cc2)c2cccnc2n1O. The Labute approximate surface area is 185 Å². The van der Waals surface area contributed by atoms with E-state index in [1.807, 2.05) is 24.3 Å². The molecule has 4 aromatic rings. The third-order valence-electron chi connectivity index (χ3n) is 5.65. The fourth-order valence-electron chi connectivity index (χ4n) is 4.00. The third kappa shape index (κ3) is 4.18. The van der Waals surface area contributed by atoms with E-state index in [2.05, 4.69) is 49.8 Å². The van der Waals surface area contributed by atoms with E-state index < -0.39 is 5.69 Å². The molecule has 0 aliphatic carbocycles. The van der Waals surface area contributed by atoms with Crippen LogP contribution < -0.4 is 16.3 Å². The minimum atomic E-state index is -0.781.